The fraction of sp³-hybridized carbons (Fsp3) is 0. The Morgan fingerprint density at radius 1 is 1.42 bits per heavy atom. The van der Waals surface area contributed by atoms with Crippen molar-refractivity contribution in [1.29, 1.82) is 0 Å². The molecule has 0 spiro atoms. The largest absolute Gasteiger partial charge is 0.740 e. The minimum atomic E-state index is -2.63. The van der Waals surface area contributed by atoms with Gasteiger partial charge in [-0.1, -0.05) is 23.2 Å². The lowest BCUT2D eigenvalue weighted by molar-refractivity contribution is 0.440. The van der Waals surface area contributed by atoms with Gasteiger partial charge in [0.15, 0.2) is 5.75 Å². The van der Waals surface area contributed by atoms with Crippen molar-refractivity contribution in [1.82, 2.24) is 0 Å². The van der Waals surface area contributed by atoms with E-state index in [0.29, 0.717) is 5.02 Å². The van der Waals surface area contributed by atoms with E-state index in [1.165, 1.54) is 18.2 Å². The van der Waals surface area contributed by atoms with E-state index in [2.05, 4.69) is 4.18 Å². The molecular formula is C6H3Cl2O3S-. The molecule has 1 rings (SSSR count). The third-order valence-corrected chi connectivity index (χ3v) is 1.91. The van der Waals surface area contributed by atoms with Crippen LogP contribution in [0.5, 0.6) is 5.75 Å². The average Bonchev–Trinajstić information content (AvgIpc) is 1.96. The van der Waals surface area contributed by atoms with E-state index in [0.717, 1.165) is 0 Å². The summed E-state index contributed by atoms with van der Waals surface area (Å²) in [5.41, 5.74) is 0. The lowest BCUT2D eigenvalue weighted by Gasteiger charge is -2.08. The van der Waals surface area contributed by atoms with Crippen molar-refractivity contribution >= 4 is 34.6 Å². The van der Waals surface area contributed by atoms with Gasteiger partial charge in [-0.3, -0.25) is 0 Å². The van der Waals surface area contributed by atoms with Gasteiger partial charge in [-0.25, -0.2) is 4.21 Å². The zero-order valence-electron chi connectivity index (χ0n) is 5.62. The van der Waals surface area contributed by atoms with Crippen LogP contribution in [0.15, 0.2) is 18.2 Å². The fourth-order valence-corrected chi connectivity index (χ4v) is 1.26. The summed E-state index contributed by atoms with van der Waals surface area (Å²) in [4.78, 5) is 0. The molecule has 0 saturated heterocycles. The lowest BCUT2D eigenvalue weighted by atomic mass is 10.3. The highest BCUT2D eigenvalue weighted by Crippen LogP contribution is 2.27. The first-order valence-electron chi connectivity index (χ1n) is 2.82. The van der Waals surface area contributed by atoms with Gasteiger partial charge in [0, 0.05) is 11.1 Å². The Balaban J connectivity index is 2.97. The van der Waals surface area contributed by atoms with Crippen LogP contribution in [0.1, 0.15) is 0 Å². The smallest absolute Gasteiger partial charge is 0.159 e. The predicted octanol–water partition coefficient (Wildman–Crippen LogP) is 2.17. The van der Waals surface area contributed by atoms with E-state index in [9.17, 15) is 8.76 Å². The molecule has 0 bridgehead atoms. The number of halogens is 2. The number of hydrogen-bond acceptors (Lipinski definition) is 3. The fourth-order valence-electron chi connectivity index (χ4n) is 0.614. The van der Waals surface area contributed by atoms with Crippen molar-refractivity contribution in [2.75, 3.05) is 0 Å². The summed E-state index contributed by atoms with van der Waals surface area (Å²) >= 11 is 8.52. The van der Waals surface area contributed by atoms with Crippen molar-refractivity contribution in [2.24, 2.45) is 0 Å². The van der Waals surface area contributed by atoms with Gasteiger partial charge < -0.3 is 8.74 Å². The lowest BCUT2D eigenvalue weighted by Crippen LogP contribution is -1.98. The van der Waals surface area contributed by atoms with Crippen LogP contribution < -0.4 is 4.18 Å². The quantitative estimate of drug-likeness (QED) is 0.726. The maximum Gasteiger partial charge on any atom is 0.159 e. The summed E-state index contributed by atoms with van der Waals surface area (Å²) in [6.45, 7) is 0. The topological polar surface area (TPSA) is 49.4 Å². The number of rotatable bonds is 2. The Morgan fingerprint density at radius 2 is 2.08 bits per heavy atom. The van der Waals surface area contributed by atoms with E-state index in [4.69, 9.17) is 23.2 Å². The second-order valence-electron chi connectivity index (χ2n) is 1.86. The summed E-state index contributed by atoms with van der Waals surface area (Å²) in [6.07, 6.45) is 0. The molecule has 3 nitrogen and oxygen atoms in total. The molecular weight excluding hydrogens is 223 g/mol. The summed E-state index contributed by atoms with van der Waals surface area (Å²) in [7, 11) is 0. The minimum Gasteiger partial charge on any atom is -0.740 e. The second kappa shape index (κ2) is 4.09. The molecule has 66 valence electrons. The van der Waals surface area contributed by atoms with Crippen LogP contribution in [0.4, 0.5) is 0 Å². The van der Waals surface area contributed by atoms with E-state index in [-0.39, 0.29) is 10.8 Å². The Hall–Kier alpha value is -0.290. The minimum absolute atomic E-state index is 0.0255. The standard InChI is InChI=1S/C6H4Cl2O3S/c7-4-1-2-5(8)6(3-4)11-12(9)10/h1-3H,(H,9,10)/p-1. The molecule has 0 aliphatic rings. The van der Waals surface area contributed by atoms with Crippen LogP contribution in [-0.4, -0.2) is 8.76 Å². The van der Waals surface area contributed by atoms with Gasteiger partial charge in [0.05, 0.1) is 5.02 Å². The molecule has 1 atom stereocenters. The van der Waals surface area contributed by atoms with E-state index in [1.54, 1.807) is 0 Å². The van der Waals surface area contributed by atoms with Crippen molar-refractivity contribution < 1.29 is 12.9 Å². The first-order valence-corrected chi connectivity index (χ1v) is 4.58. The molecule has 1 aromatic carbocycles. The zero-order valence-corrected chi connectivity index (χ0v) is 7.95. The van der Waals surface area contributed by atoms with Crippen LogP contribution in [0.3, 0.4) is 0 Å². The Bertz CT molecular complexity index is 316. The zero-order chi connectivity index (χ0) is 9.14. The normalized spacial score (nSPS) is 12.6. The molecule has 0 aliphatic carbocycles. The Labute approximate surface area is 81.7 Å². The third-order valence-electron chi connectivity index (χ3n) is 1.05. The molecule has 1 unspecified atom stereocenters. The SMILES string of the molecule is O=S([O-])Oc1cc(Cl)ccc1Cl. The maximum atomic E-state index is 10.1. The van der Waals surface area contributed by atoms with Crippen LogP contribution in [0, 0.1) is 0 Å². The average molecular weight is 226 g/mol. The molecule has 0 aliphatic heterocycles. The number of hydrogen-bond donors (Lipinski definition) is 0. The molecule has 0 amide bonds. The summed E-state index contributed by atoms with van der Waals surface area (Å²) in [5.74, 6) is 0.0255. The van der Waals surface area contributed by atoms with Crippen LogP contribution >= 0.6 is 23.2 Å². The summed E-state index contributed by atoms with van der Waals surface area (Å²) in [5, 5.41) is 0.559. The van der Waals surface area contributed by atoms with Crippen LogP contribution in [0.25, 0.3) is 0 Å². The highest BCUT2D eigenvalue weighted by molar-refractivity contribution is 7.74. The van der Waals surface area contributed by atoms with E-state index >= 15 is 0 Å². The van der Waals surface area contributed by atoms with Crippen molar-refractivity contribution in [2.45, 2.75) is 0 Å². The van der Waals surface area contributed by atoms with E-state index < -0.39 is 11.4 Å². The van der Waals surface area contributed by atoms with Gasteiger partial charge in [0.2, 0.25) is 0 Å². The second-order valence-corrected chi connectivity index (χ2v) is 3.28. The Kier molecular flexibility index (Phi) is 3.34. The van der Waals surface area contributed by atoms with Gasteiger partial charge in [0.25, 0.3) is 0 Å². The molecule has 0 fully saturated rings. The van der Waals surface area contributed by atoms with Gasteiger partial charge in [-0.2, -0.15) is 0 Å². The highest BCUT2D eigenvalue weighted by Gasteiger charge is 2.01. The molecule has 0 saturated carbocycles. The van der Waals surface area contributed by atoms with Crippen molar-refractivity contribution in [3.05, 3.63) is 28.2 Å². The van der Waals surface area contributed by atoms with Gasteiger partial charge in [-0.05, 0) is 12.1 Å². The monoisotopic (exact) mass is 225 g/mol. The first kappa shape index (κ1) is 9.80. The number of benzene rings is 1. The van der Waals surface area contributed by atoms with Crippen LogP contribution in [0.2, 0.25) is 10.0 Å². The third kappa shape index (κ3) is 2.64. The predicted molar refractivity (Wildman–Crippen MR) is 46.0 cm³/mol. The molecule has 0 heterocycles. The molecule has 0 N–H and O–H groups in total. The molecule has 12 heavy (non-hydrogen) atoms. The molecule has 0 aromatic heterocycles. The van der Waals surface area contributed by atoms with Crippen LogP contribution in [-0.2, 0) is 11.4 Å². The molecule has 1 aromatic rings. The van der Waals surface area contributed by atoms with Crippen molar-refractivity contribution in [3.63, 3.8) is 0 Å². The van der Waals surface area contributed by atoms with Crippen molar-refractivity contribution in [3.8, 4) is 5.75 Å². The molecule has 0 radical (unpaired) electrons. The molecule has 6 heteroatoms. The first-order chi connectivity index (χ1) is 5.59. The van der Waals surface area contributed by atoms with Gasteiger partial charge in [0.1, 0.15) is 11.4 Å². The van der Waals surface area contributed by atoms with E-state index in [1.807, 2.05) is 0 Å². The summed E-state index contributed by atoms with van der Waals surface area (Å²) in [6, 6.07) is 4.30. The highest BCUT2D eigenvalue weighted by atomic mass is 35.5. The summed E-state index contributed by atoms with van der Waals surface area (Å²) < 4.78 is 24.5. The van der Waals surface area contributed by atoms with Gasteiger partial charge in [-0.15, -0.1) is 0 Å². The maximum absolute atomic E-state index is 10.1. The van der Waals surface area contributed by atoms with Gasteiger partial charge >= 0.3 is 0 Å². The Morgan fingerprint density at radius 3 is 2.67 bits per heavy atom.